The van der Waals surface area contributed by atoms with E-state index in [0.717, 1.165) is 17.8 Å². The van der Waals surface area contributed by atoms with Gasteiger partial charge in [-0.25, -0.2) is 9.50 Å². The van der Waals surface area contributed by atoms with Crippen LogP contribution in [0.15, 0.2) is 17.1 Å². The Labute approximate surface area is 141 Å². The predicted molar refractivity (Wildman–Crippen MR) is 91.7 cm³/mol. The first-order valence-corrected chi connectivity index (χ1v) is 8.53. The van der Waals surface area contributed by atoms with E-state index < -0.39 is 0 Å². The molecule has 24 heavy (non-hydrogen) atoms. The SMILES string of the molecule is CCC[C@@H](C)c1nnc(NC(=O)c2cnc3cc(=O)[nH]n3c2C)s1. The molecular weight excluding hydrogens is 328 g/mol. The molecular formula is C15H18N6O2S. The molecule has 0 fully saturated rings. The van der Waals surface area contributed by atoms with Gasteiger partial charge in [-0.05, 0) is 13.3 Å². The lowest BCUT2D eigenvalue weighted by molar-refractivity contribution is 0.102. The lowest BCUT2D eigenvalue weighted by Gasteiger charge is -2.07. The zero-order valence-electron chi connectivity index (χ0n) is 13.7. The molecule has 0 saturated carbocycles. The molecule has 2 N–H and O–H groups in total. The van der Waals surface area contributed by atoms with Gasteiger partial charge in [-0.3, -0.25) is 20.0 Å². The van der Waals surface area contributed by atoms with Crippen LogP contribution in [0.5, 0.6) is 0 Å². The van der Waals surface area contributed by atoms with Crippen LogP contribution in [0.3, 0.4) is 0 Å². The van der Waals surface area contributed by atoms with E-state index in [2.05, 4.69) is 39.4 Å². The van der Waals surface area contributed by atoms with Crippen LogP contribution in [0.25, 0.3) is 5.65 Å². The van der Waals surface area contributed by atoms with Crippen LogP contribution in [0.4, 0.5) is 5.13 Å². The molecule has 3 aromatic rings. The maximum atomic E-state index is 12.5. The summed E-state index contributed by atoms with van der Waals surface area (Å²) in [6, 6.07) is 1.38. The highest BCUT2D eigenvalue weighted by Crippen LogP contribution is 2.26. The monoisotopic (exact) mass is 346 g/mol. The van der Waals surface area contributed by atoms with Gasteiger partial charge in [-0.2, -0.15) is 0 Å². The number of rotatable bonds is 5. The summed E-state index contributed by atoms with van der Waals surface area (Å²) in [7, 11) is 0. The van der Waals surface area contributed by atoms with Gasteiger partial charge in [0, 0.05) is 18.2 Å². The highest BCUT2D eigenvalue weighted by Gasteiger charge is 2.17. The van der Waals surface area contributed by atoms with E-state index in [1.165, 1.54) is 28.1 Å². The molecule has 0 aliphatic carbocycles. The van der Waals surface area contributed by atoms with Gasteiger partial charge >= 0.3 is 0 Å². The Balaban J connectivity index is 1.82. The number of nitrogens with one attached hydrogen (secondary N) is 2. The summed E-state index contributed by atoms with van der Waals surface area (Å²) in [5, 5.41) is 14.9. The van der Waals surface area contributed by atoms with E-state index in [4.69, 9.17) is 0 Å². The van der Waals surface area contributed by atoms with E-state index in [1.54, 1.807) is 6.92 Å². The minimum Gasteiger partial charge on any atom is -0.296 e. The number of carbonyl (C=O) groups is 1. The first-order valence-electron chi connectivity index (χ1n) is 7.71. The number of aromatic amines is 1. The second kappa shape index (κ2) is 6.52. The molecule has 0 aliphatic heterocycles. The van der Waals surface area contributed by atoms with Gasteiger partial charge in [-0.1, -0.05) is 31.6 Å². The molecule has 1 atom stereocenters. The summed E-state index contributed by atoms with van der Waals surface area (Å²) >= 11 is 1.38. The van der Waals surface area contributed by atoms with Gasteiger partial charge in [0.2, 0.25) is 5.13 Å². The van der Waals surface area contributed by atoms with Crippen LogP contribution >= 0.6 is 11.3 Å². The third kappa shape index (κ3) is 3.07. The lowest BCUT2D eigenvalue weighted by atomic mass is 10.1. The number of anilines is 1. The van der Waals surface area contributed by atoms with Gasteiger partial charge < -0.3 is 0 Å². The van der Waals surface area contributed by atoms with Crippen molar-refractivity contribution >= 4 is 28.0 Å². The van der Waals surface area contributed by atoms with Crippen molar-refractivity contribution in [2.24, 2.45) is 0 Å². The molecule has 0 aromatic carbocycles. The van der Waals surface area contributed by atoms with Gasteiger partial charge in [0.05, 0.1) is 11.3 Å². The molecule has 0 bridgehead atoms. The smallest absolute Gasteiger partial charge is 0.266 e. The van der Waals surface area contributed by atoms with Gasteiger partial charge in [0.25, 0.3) is 11.5 Å². The highest BCUT2D eigenvalue weighted by atomic mass is 32.1. The minimum atomic E-state index is -0.331. The average molecular weight is 346 g/mol. The number of nitrogens with zero attached hydrogens (tertiary/aromatic N) is 4. The Kier molecular flexibility index (Phi) is 4.43. The molecule has 1 amide bonds. The van der Waals surface area contributed by atoms with Crippen LogP contribution in [0.2, 0.25) is 0 Å². The van der Waals surface area contributed by atoms with Crippen molar-refractivity contribution in [2.75, 3.05) is 5.32 Å². The topological polar surface area (TPSA) is 105 Å². The van der Waals surface area contributed by atoms with E-state index in [0.29, 0.717) is 28.0 Å². The van der Waals surface area contributed by atoms with Crippen molar-refractivity contribution in [1.29, 1.82) is 0 Å². The zero-order valence-corrected chi connectivity index (χ0v) is 14.5. The Morgan fingerprint density at radius 1 is 1.46 bits per heavy atom. The van der Waals surface area contributed by atoms with Gasteiger partial charge in [0.15, 0.2) is 5.65 Å². The fraction of sp³-hybridized carbons (Fsp3) is 0.400. The third-order valence-corrected chi connectivity index (χ3v) is 4.88. The summed E-state index contributed by atoms with van der Waals surface area (Å²) in [5.74, 6) is -0.00912. The Morgan fingerprint density at radius 2 is 2.25 bits per heavy atom. The lowest BCUT2D eigenvalue weighted by Crippen LogP contribution is -2.16. The Morgan fingerprint density at radius 3 is 3.00 bits per heavy atom. The van der Waals surface area contributed by atoms with Crippen LogP contribution in [-0.2, 0) is 0 Å². The van der Waals surface area contributed by atoms with Crippen LogP contribution < -0.4 is 10.9 Å². The second-order valence-corrected chi connectivity index (χ2v) is 6.67. The summed E-state index contributed by atoms with van der Waals surface area (Å²) in [6.45, 7) is 5.96. The number of aromatic nitrogens is 5. The molecule has 0 spiro atoms. The van der Waals surface area contributed by atoms with Crippen molar-refractivity contribution in [3.8, 4) is 0 Å². The largest absolute Gasteiger partial charge is 0.296 e. The predicted octanol–water partition coefficient (Wildman–Crippen LogP) is 2.34. The number of hydrogen-bond acceptors (Lipinski definition) is 6. The number of amides is 1. The fourth-order valence-electron chi connectivity index (χ4n) is 2.50. The number of carbonyl (C=O) groups excluding carboxylic acids is 1. The van der Waals surface area contributed by atoms with E-state index in [9.17, 15) is 9.59 Å². The molecule has 0 unspecified atom stereocenters. The Bertz CT molecular complexity index is 941. The molecule has 9 heteroatoms. The van der Waals surface area contributed by atoms with Crippen LogP contribution in [-0.4, -0.2) is 30.7 Å². The van der Waals surface area contributed by atoms with E-state index >= 15 is 0 Å². The number of fused-ring (bicyclic) bond motifs is 1. The first-order chi connectivity index (χ1) is 11.5. The first kappa shape index (κ1) is 16.3. The van der Waals surface area contributed by atoms with Crippen molar-refractivity contribution in [1.82, 2.24) is 24.8 Å². The molecule has 3 heterocycles. The second-order valence-electron chi connectivity index (χ2n) is 5.66. The molecule has 8 nitrogen and oxygen atoms in total. The molecule has 0 aliphatic rings. The molecule has 3 aromatic heterocycles. The van der Waals surface area contributed by atoms with E-state index in [-0.39, 0.29) is 11.5 Å². The van der Waals surface area contributed by atoms with Gasteiger partial charge in [0.1, 0.15) is 5.01 Å². The number of hydrogen-bond donors (Lipinski definition) is 2. The van der Waals surface area contributed by atoms with Crippen LogP contribution in [0, 0.1) is 6.92 Å². The molecule has 0 radical (unpaired) electrons. The van der Waals surface area contributed by atoms with Crippen molar-refractivity contribution in [2.45, 2.75) is 39.5 Å². The average Bonchev–Trinajstić information content (AvgIpc) is 3.14. The van der Waals surface area contributed by atoms with Crippen molar-refractivity contribution in [3.63, 3.8) is 0 Å². The van der Waals surface area contributed by atoms with Crippen LogP contribution in [0.1, 0.15) is 53.7 Å². The van der Waals surface area contributed by atoms with E-state index in [1.807, 2.05) is 0 Å². The van der Waals surface area contributed by atoms with Crippen molar-refractivity contribution in [3.05, 3.63) is 38.9 Å². The molecule has 126 valence electrons. The Hall–Kier alpha value is -2.55. The summed E-state index contributed by atoms with van der Waals surface area (Å²) in [5.41, 5.74) is 1.18. The standard InChI is InChI=1S/C15H18N6O2S/c1-4-5-8(2)14-18-19-15(24-14)17-13(23)10-7-16-11-6-12(22)20-21(11)9(10)3/h6-8H,4-5H2,1-3H3,(H,20,22)(H,17,19,23)/t8-/m1/s1. The normalized spacial score (nSPS) is 12.5. The minimum absolute atomic E-state index is 0.262. The summed E-state index contributed by atoms with van der Waals surface area (Å²) in [4.78, 5) is 28.0. The number of aryl methyl sites for hydroxylation is 1. The van der Waals surface area contributed by atoms with Gasteiger partial charge in [-0.15, -0.1) is 10.2 Å². The summed E-state index contributed by atoms with van der Waals surface area (Å²) < 4.78 is 1.49. The van der Waals surface area contributed by atoms with Crippen molar-refractivity contribution < 1.29 is 4.79 Å². The molecule has 3 rings (SSSR count). The quantitative estimate of drug-likeness (QED) is 0.738. The molecule has 0 saturated heterocycles. The summed E-state index contributed by atoms with van der Waals surface area (Å²) in [6.07, 6.45) is 3.56. The third-order valence-electron chi connectivity index (χ3n) is 3.81. The maximum absolute atomic E-state index is 12.5. The highest BCUT2D eigenvalue weighted by molar-refractivity contribution is 7.15. The fourth-order valence-corrected chi connectivity index (χ4v) is 3.33. The zero-order chi connectivity index (χ0) is 17.3. The number of H-pyrrole nitrogens is 1. The maximum Gasteiger partial charge on any atom is 0.266 e.